The molecule has 2 rings (SSSR count). The van der Waals surface area contributed by atoms with Crippen LogP contribution in [0.3, 0.4) is 0 Å². The molecule has 2 heterocycles. The number of rotatable bonds is 6. The zero-order valence-electron chi connectivity index (χ0n) is 11.3. The Bertz CT molecular complexity index is 351. The van der Waals surface area contributed by atoms with Crippen molar-refractivity contribution in [1.29, 1.82) is 0 Å². The number of aromatic nitrogens is 2. The molecule has 1 atom stereocenters. The zero-order chi connectivity index (χ0) is 12.8. The molecule has 0 amide bonds. The Balaban J connectivity index is 1.92. The molecule has 1 fully saturated rings. The van der Waals surface area contributed by atoms with E-state index in [4.69, 9.17) is 10.3 Å². The first-order valence-electron chi connectivity index (χ1n) is 7.09. The summed E-state index contributed by atoms with van der Waals surface area (Å²) in [6.45, 7) is 4.78. The third-order valence-corrected chi connectivity index (χ3v) is 3.57. The number of piperidine rings is 1. The summed E-state index contributed by atoms with van der Waals surface area (Å²) in [7, 11) is 0. The van der Waals surface area contributed by atoms with Crippen molar-refractivity contribution >= 4 is 0 Å². The maximum Gasteiger partial charge on any atom is 0.240 e. The Hall–Kier alpha value is -0.940. The van der Waals surface area contributed by atoms with Gasteiger partial charge in [0.25, 0.3) is 0 Å². The van der Waals surface area contributed by atoms with Crippen LogP contribution in [0.15, 0.2) is 4.52 Å². The van der Waals surface area contributed by atoms with Crippen molar-refractivity contribution in [3.8, 4) is 0 Å². The predicted octanol–water partition coefficient (Wildman–Crippen LogP) is 1.73. The van der Waals surface area contributed by atoms with Crippen LogP contribution in [-0.2, 0) is 13.0 Å². The molecule has 1 saturated heterocycles. The summed E-state index contributed by atoms with van der Waals surface area (Å²) < 4.78 is 5.31. The van der Waals surface area contributed by atoms with Gasteiger partial charge in [-0.15, -0.1) is 0 Å². The first-order valence-corrected chi connectivity index (χ1v) is 7.09. The van der Waals surface area contributed by atoms with Crippen LogP contribution >= 0.6 is 0 Å². The quantitative estimate of drug-likeness (QED) is 0.835. The molecule has 1 unspecified atom stereocenters. The molecule has 5 nitrogen and oxygen atoms in total. The zero-order valence-corrected chi connectivity index (χ0v) is 11.3. The van der Waals surface area contributed by atoms with Gasteiger partial charge in [-0.1, -0.05) is 18.5 Å². The minimum absolute atomic E-state index is 0.588. The largest absolute Gasteiger partial charge is 0.338 e. The maximum absolute atomic E-state index is 5.68. The normalized spacial score (nSPS) is 21.3. The second kappa shape index (κ2) is 6.85. The molecule has 1 aliphatic rings. The third kappa shape index (κ3) is 3.53. The van der Waals surface area contributed by atoms with E-state index in [9.17, 15) is 0 Å². The SMILES string of the molecule is CCCc1noc(CN2CCCCC2CCN)n1. The van der Waals surface area contributed by atoms with Gasteiger partial charge >= 0.3 is 0 Å². The van der Waals surface area contributed by atoms with Gasteiger partial charge in [0, 0.05) is 12.5 Å². The molecular weight excluding hydrogens is 228 g/mol. The summed E-state index contributed by atoms with van der Waals surface area (Å²) in [5.41, 5.74) is 5.68. The molecule has 1 aromatic rings. The van der Waals surface area contributed by atoms with Crippen LogP contribution in [0.2, 0.25) is 0 Å². The number of likely N-dealkylation sites (tertiary alicyclic amines) is 1. The molecule has 2 N–H and O–H groups in total. The van der Waals surface area contributed by atoms with Gasteiger partial charge in [-0.3, -0.25) is 4.90 Å². The van der Waals surface area contributed by atoms with E-state index in [1.54, 1.807) is 0 Å². The van der Waals surface area contributed by atoms with Crippen LogP contribution in [0.1, 0.15) is 50.7 Å². The van der Waals surface area contributed by atoms with Gasteiger partial charge in [-0.25, -0.2) is 0 Å². The molecule has 0 aliphatic carbocycles. The molecule has 0 spiro atoms. The van der Waals surface area contributed by atoms with Crippen molar-refractivity contribution < 1.29 is 4.52 Å². The summed E-state index contributed by atoms with van der Waals surface area (Å²) in [4.78, 5) is 6.88. The Morgan fingerprint density at radius 1 is 1.44 bits per heavy atom. The maximum atomic E-state index is 5.68. The van der Waals surface area contributed by atoms with Crippen molar-refractivity contribution in [3.63, 3.8) is 0 Å². The fraction of sp³-hybridized carbons (Fsp3) is 0.846. The number of aryl methyl sites for hydroxylation is 1. The second-order valence-electron chi connectivity index (χ2n) is 5.05. The van der Waals surface area contributed by atoms with E-state index in [0.29, 0.717) is 6.04 Å². The van der Waals surface area contributed by atoms with Crippen molar-refractivity contribution in [2.24, 2.45) is 5.73 Å². The summed E-state index contributed by atoms with van der Waals surface area (Å²) >= 11 is 0. The van der Waals surface area contributed by atoms with Crippen molar-refractivity contribution in [2.45, 2.75) is 58.0 Å². The summed E-state index contributed by atoms with van der Waals surface area (Å²) in [6.07, 6.45) is 6.83. The molecule has 0 saturated carbocycles. The first kappa shape index (κ1) is 13.5. The van der Waals surface area contributed by atoms with Gasteiger partial charge in [-0.05, 0) is 38.8 Å². The average molecular weight is 252 g/mol. The van der Waals surface area contributed by atoms with Gasteiger partial charge in [0.05, 0.1) is 6.54 Å². The molecule has 102 valence electrons. The standard InChI is InChI=1S/C13H24N4O/c1-2-5-12-15-13(18-16-12)10-17-9-4-3-6-11(17)7-8-14/h11H,2-10,14H2,1H3. The van der Waals surface area contributed by atoms with E-state index in [2.05, 4.69) is 22.0 Å². The van der Waals surface area contributed by atoms with Gasteiger partial charge < -0.3 is 10.3 Å². The number of hydrogen-bond acceptors (Lipinski definition) is 5. The smallest absolute Gasteiger partial charge is 0.240 e. The third-order valence-electron chi connectivity index (χ3n) is 3.57. The molecule has 18 heavy (non-hydrogen) atoms. The van der Waals surface area contributed by atoms with E-state index in [1.165, 1.54) is 19.3 Å². The number of nitrogens with zero attached hydrogens (tertiary/aromatic N) is 3. The van der Waals surface area contributed by atoms with Crippen LogP contribution in [0.25, 0.3) is 0 Å². The highest BCUT2D eigenvalue weighted by Crippen LogP contribution is 2.21. The molecular formula is C13H24N4O. The Morgan fingerprint density at radius 3 is 3.11 bits per heavy atom. The molecule has 0 radical (unpaired) electrons. The van der Waals surface area contributed by atoms with Crippen LogP contribution < -0.4 is 5.73 Å². The predicted molar refractivity (Wildman–Crippen MR) is 70.0 cm³/mol. The Kier molecular flexibility index (Phi) is 5.13. The van der Waals surface area contributed by atoms with Gasteiger partial charge in [0.15, 0.2) is 5.82 Å². The van der Waals surface area contributed by atoms with E-state index < -0.39 is 0 Å². The highest BCUT2D eigenvalue weighted by molar-refractivity contribution is 4.88. The van der Waals surface area contributed by atoms with Gasteiger partial charge in [0.2, 0.25) is 5.89 Å². The fourth-order valence-electron chi connectivity index (χ4n) is 2.64. The minimum atomic E-state index is 0.588. The monoisotopic (exact) mass is 252 g/mol. The second-order valence-corrected chi connectivity index (χ2v) is 5.05. The molecule has 0 aromatic carbocycles. The van der Waals surface area contributed by atoms with E-state index in [-0.39, 0.29) is 0 Å². The van der Waals surface area contributed by atoms with E-state index in [0.717, 1.165) is 50.6 Å². The van der Waals surface area contributed by atoms with Crippen LogP contribution in [0.5, 0.6) is 0 Å². The van der Waals surface area contributed by atoms with Crippen LogP contribution in [-0.4, -0.2) is 34.2 Å². The molecule has 1 aliphatic heterocycles. The Morgan fingerprint density at radius 2 is 2.33 bits per heavy atom. The van der Waals surface area contributed by atoms with Crippen LogP contribution in [0.4, 0.5) is 0 Å². The topological polar surface area (TPSA) is 68.2 Å². The van der Waals surface area contributed by atoms with Crippen molar-refractivity contribution in [3.05, 3.63) is 11.7 Å². The molecule has 5 heteroatoms. The highest BCUT2D eigenvalue weighted by Gasteiger charge is 2.23. The van der Waals surface area contributed by atoms with Crippen molar-refractivity contribution in [1.82, 2.24) is 15.0 Å². The molecule has 1 aromatic heterocycles. The lowest BCUT2D eigenvalue weighted by molar-refractivity contribution is 0.118. The lowest BCUT2D eigenvalue weighted by Crippen LogP contribution is -2.40. The first-order chi connectivity index (χ1) is 8.83. The van der Waals surface area contributed by atoms with Crippen LogP contribution in [0, 0.1) is 0 Å². The van der Waals surface area contributed by atoms with Crippen molar-refractivity contribution in [2.75, 3.05) is 13.1 Å². The minimum Gasteiger partial charge on any atom is -0.338 e. The number of nitrogens with two attached hydrogens (primary N) is 1. The summed E-state index contributed by atoms with van der Waals surface area (Å²) in [6, 6.07) is 0.588. The lowest BCUT2D eigenvalue weighted by Gasteiger charge is -2.34. The van der Waals surface area contributed by atoms with E-state index >= 15 is 0 Å². The molecule has 0 bridgehead atoms. The van der Waals surface area contributed by atoms with Gasteiger partial charge in [0.1, 0.15) is 0 Å². The average Bonchev–Trinajstić information content (AvgIpc) is 2.80. The lowest BCUT2D eigenvalue weighted by atomic mass is 9.99. The Labute approximate surface area is 109 Å². The van der Waals surface area contributed by atoms with Gasteiger partial charge in [-0.2, -0.15) is 4.98 Å². The van der Waals surface area contributed by atoms with E-state index in [1.807, 2.05) is 0 Å². The number of hydrogen-bond donors (Lipinski definition) is 1. The fourth-order valence-corrected chi connectivity index (χ4v) is 2.64. The summed E-state index contributed by atoms with van der Waals surface area (Å²) in [5.74, 6) is 1.59. The highest BCUT2D eigenvalue weighted by atomic mass is 16.5. The summed E-state index contributed by atoms with van der Waals surface area (Å²) in [5, 5.41) is 4.00.